The number of ether oxygens (including phenoxy) is 1. The molecule has 0 bridgehead atoms. The topological polar surface area (TPSA) is 47.0 Å². The lowest BCUT2D eigenvalue weighted by Gasteiger charge is -2.18. The fraction of sp³-hybridized carbons (Fsp3) is 0.429. The first-order valence-electron chi connectivity index (χ1n) is 6.59. The molecule has 2 rings (SSSR count). The van der Waals surface area contributed by atoms with E-state index in [1.54, 1.807) is 6.07 Å². The Kier molecular flexibility index (Phi) is 5.03. The summed E-state index contributed by atoms with van der Waals surface area (Å²) in [6, 6.07) is 4.93. The van der Waals surface area contributed by atoms with Gasteiger partial charge in [0.05, 0.1) is 23.7 Å². The van der Waals surface area contributed by atoms with E-state index in [4.69, 9.17) is 4.74 Å². The average Bonchev–Trinajstić information content (AvgIpc) is 2.92. The van der Waals surface area contributed by atoms with Gasteiger partial charge in [0.2, 0.25) is 0 Å². The van der Waals surface area contributed by atoms with Crippen molar-refractivity contribution in [1.82, 2.24) is 14.9 Å². The van der Waals surface area contributed by atoms with Gasteiger partial charge in [0.1, 0.15) is 0 Å². The van der Waals surface area contributed by atoms with Crippen molar-refractivity contribution in [2.75, 3.05) is 13.7 Å². The van der Waals surface area contributed by atoms with Crippen molar-refractivity contribution in [2.24, 2.45) is 0 Å². The minimum Gasteiger partial charge on any atom is -0.494 e. The van der Waals surface area contributed by atoms with Gasteiger partial charge < -0.3 is 10.1 Å². The molecule has 6 heteroatoms. The van der Waals surface area contributed by atoms with E-state index < -0.39 is 0 Å². The number of halogens is 1. The van der Waals surface area contributed by atoms with Crippen LogP contribution in [0.2, 0.25) is 0 Å². The first kappa shape index (κ1) is 14.9. The van der Waals surface area contributed by atoms with Crippen LogP contribution >= 0.6 is 11.5 Å². The van der Waals surface area contributed by atoms with Crippen molar-refractivity contribution >= 4 is 11.5 Å². The van der Waals surface area contributed by atoms with Gasteiger partial charge in [0.15, 0.2) is 11.6 Å². The first-order chi connectivity index (χ1) is 9.71. The summed E-state index contributed by atoms with van der Waals surface area (Å²) in [7, 11) is 1.46. The molecule has 0 amide bonds. The van der Waals surface area contributed by atoms with Crippen LogP contribution in [0.4, 0.5) is 4.39 Å². The smallest absolute Gasteiger partial charge is 0.165 e. The summed E-state index contributed by atoms with van der Waals surface area (Å²) in [6.07, 6.45) is 0.812. The second-order valence-corrected chi connectivity index (χ2v) is 5.11. The third-order valence-electron chi connectivity index (χ3n) is 3.10. The van der Waals surface area contributed by atoms with E-state index in [-0.39, 0.29) is 17.6 Å². The van der Waals surface area contributed by atoms with Crippen molar-refractivity contribution in [3.63, 3.8) is 0 Å². The van der Waals surface area contributed by atoms with E-state index >= 15 is 0 Å². The molecule has 0 aliphatic heterocycles. The Bertz CT molecular complexity index is 573. The summed E-state index contributed by atoms with van der Waals surface area (Å²) in [5.41, 5.74) is 1.81. The zero-order valence-electron chi connectivity index (χ0n) is 11.8. The summed E-state index contributed by atoms with van der Waals surface area (Å²) in [5.74, 6) is -0.106. The normalized spacial score (nSPS) is 12.4. The molecule has 1 N–H and O–H groups in total. The predicted molar refractivity (Wildman–Crippen MR) is 77.8 cm³/mol. The van der Waals surface area contributed by atoms with Crippen molar-refractivity contribution in [3.8, 4) is 5.75 Å². The van der Waals surface area contributed by atoms with Crippen molar-refractivity contribution in [2.45, 2.75) is 26.3 Å². The molecule has 1 heterocycles. The van der Waals surface area contributed by atoms with E-state index in [0.29, 0.717) is 0 Å². The van der Waals surface area contributed by atoms with Crippen molar-refractivity contribution in [3.05, 3.63) is 40.2 Å². The van der Waals surface area contributed by atoms with Gasteiger partial charge in [-0.3, -0.25) is 0 Å². The molecule has 20 heavy (non-hydrogen) atoms. The summed E-state index contributed by atoms with van der Waals surface area (Å²) in [6.45, 7) is 4.84. The molecule has 108 valence electrons. The molecule has 0 saturated carbocycles. The van der Waals surface area contributed by atoms with Crippen LogP contribution in [0, 0.1) is 5.82 Å². The lowest BCUT2D eigenvalue weighted by Crippen LogP contribution is -2.22. The van der Waals surface area contributed by atoms with Crippen molar-refractivity contribution in [1.29, 1.82) is 0 Å². The minimum atomic E-state index is -0.358. The number of aromatic nitrogens is 2. The second kappa shape index (κ2) is 6.76. The highest BCUT2D eigenvalue weighted by Crippen LogP contribution is 2.29. The standard InChI is InChI=1S/C14H18FN3OS/c1-4-11-14(20-18-17-11)13(16-5-2)9-6-7-12(19-3)10(15)8-9/h6-8,13,16H,4-5H2,1-3H3. The molecule has 0 aliphatic rings. The van der Waals surface area contributed by atoms with Crippen LogP contribution < -0.4 is 10.1 Å². The highest BCUT2D eigenvalue weighted by atomic mass is 32.1. The minimum absolute atomic E-state index is 0.0876. The summed E-state index contributed by atoms with van der Waals surface area (Å²) in [5, 5.41) is 7.49. The van der Waals surface area contributed by atoms with E-state index in [0.717, 1.165) is 29.1 Å². The molecule has 1 atom stereocenters. The zero-order valence-corrected chi connectivity index (χ0v) is 12.6. The number of nitrogens with zero attached hydrogens (tertiary/aromatic N) is 2. The quantitative estimate of drug-likeness (QED) is 0.890. The van der Waals surface area contributed by atoms with Crippen LogP contribution in [-0.2, 0) is 6.42 Å². The highest BCUT2D eigenvalue weighted by Gasteiger charge is 2.20. The summed E-state index contributed by atoms with van der Waals surface area (Å²) < 4.78 is 22.9. The molecular formula is C14H18FN3OS. The van der Waals surface area contributed by atoms with E-state index in [1.165, 1.54) is 24.7 Å². The predicted octanol–water partition coefficient (Wildman–Crippen LogP) is 2.95. The lowest BCUT2D eigenvalue weighted by molar-refractivity contribution is 0.386. The van der Waals surface area contributed by atoms with E-state index in [2.05, 4.69) is 14.9 Å². The number of rotatable bonds is 6. The fourth-order valence-corrected chi connectivity index (χ4v) is 2.95. The molecular weight excluding hydrogens is 277 g/mol. The van der Waals surface area contributed by atoms with Gasteiger partial charge >= 0.3 is 0 Å². The molecule has 0 saturated heterocycles. The second-order valence-electron chi connectivity index (χ2n) is 4.32. The number of benzene rings is 1. The third-order valence-corrected chi connectivity index (χ3v) is 3.93. The first-order valence-corrected chi connectivity index (χ1v) is 7.36. The average molecular weight is 295 g/mol. The van der Waals surface area contributed by atoms with Crippen LogP contribution in [0.1, 0.15) is 36.0 Å². The van der Waals surface area contributed by atoms with Crippen LogP contribution in [-0.4, -0.2) is 23.2 Å². The number of aryl methyl sites for hydroxylation is 1. The third kappa shape index (κ3) is 2.96. The Balaban J connectivity index is 2.40. The Morgan fingerprint density at radius 3 is 2.80 bits per heavy atom. The monoisotopic (exact) mass is 295 g/mol. The van der Waals surface area contributed by atoms with Gasteiger partial charge in [0.25, 0.3) is 0 Å². The molecule has 2 aromatic rings. The molecule has 0 fully saturated rings. The Morgan fingerprint density at radius 1 is 1.40 bits per heavy atom. The highest BCUT2D eigenvalue weighted by molar-refractivity contribution is 7.05. The molecule has 0 aliphatic carbocycles. The largest absolute Gasteiger partial charge is 0.494 e. The van der Waals surface area contributed by atoms with Crippen LogP contribution in [0.15, 0.2) is 18.2 Å². The van der Waals surface area contributed by atoms with Gasteiger partial charge in [-0.2, -0.15) is 0 Å². The molecule has 0 spiro atoms. The number of hydrogen-bond acceptors (Lipinski definition) is 5. The number of methoxy groups -OCH3 is 1. The maximum atomic E-state index is 13.9. The fourth-order valence-electron chi connectivity index (χ4n) is 2.11. The van der Waals surface area contributed by atoms with Crippen LogP contribution in [0.25, 0.3) is 0 Å². The SMILES string of the molecule is CCNC(c1ccc(OC)c(F)c1)c1snnc1CC. The Labute approximate surface area is 122 Å². The maximum absolute atomic E-state index is 13.9. The van der Waals surface area contributed by atoms with Gasteiger partial charge in [-0.15, -0.1) is 5.10 Å². The molecule has 1 unspecified atom stereocenters. The Hall–Kier alpha value is -1.53. The number of hydrogen-bond donors (Lipinski definition) is 1. The summed E-state index contributed by atoms with van der Waals surface area (Å²) >= 11 is 1.36. The van der Waals surface area contributed by atoms with Gasteiger partial charge in [0, 0.05) is 0 Å². The molecule has 1 aromatic carbocycles. The van der Waals surface area contributed by atoms with Gasteiger partial charge in [-0.1, -0.05) is 24.4 Å². The van der Waals surface area contributed by atoms with E-state index in [1.807, 2.05) is 19.9 Å². The van der Waals surface area contributed by atoms with Crippen LogP contribution in [0.3, 0.4) is 0 Å². The van der Waals surface area contributed by atoms with Gasteiger partial charge in [-0.05, 0) is 42.2 Å². The summed E-state index contributed by atoms with van der Waals surface area (Å²) in [4.78, 5) is 1.04. The Morgan fingerprint density at radius 2 is 2.20 bits per heavy atom. The molecule has 1 aromatic heterocycles. The maximum Gasteiger partial charge on any atom is 0.165 e. The lowest BCUT2D eigenvalue weighted by atomic mass is 10.0. The number of nitrogens with one attached hydrogen (secondary N) is 1. The van der Waals surface area contributed by atoms with Crippen LogP contribution in [0.5, 0.6) is 5.75 Å². The molecule has 0 radical (unpaired) electrons. The molecule has 4 nitrogen and oxygen atoms in total. The van der Waals surface area contributed by atoms with Crippen molar-refractivity contribution < 1.29 is 9.13 Å². The zero-order chi connectivity index (χ0) is 14.5. The van der Waals surface area contributed by atoms with E-state index in [9.17, 15) is 4.39 Å². The van der Waals surface area contributed by atoms with Gasteiger partial charge in [-0.25, -0.2) is 4.39 Å².